The van der Waals surface area contributed by atoms with Crippen molar-refractivity contribution in [1.29, 1.82) is 0 Å². The molecule has 2 heteroatoms. The molecule has 0 saturated heterocycles. The van der Waals surface area contributed by atoms with Gasteiger partial charge >= 0.3 is 5.97 Å². The quantitative estimate of drug-likeness (QED) is 0.157. The molecule has 0 heterocycles. The van der Waals surface area contributed by atoms with Gasteiger partial charge in [0.15, 0.2) is 0 Å². The van der Waals surface area contributed by atoms with Gasteiger partial charge in [-0.05, 0) is 19.3 Å². The van der Waals surface area contributed by atoms with E-state index in [2.05, 4.69) is 23.5 Å². The van der Waals surface area contributed by atoms with Crippen molar-refractivity contribution in [3.63, 3.8) is 0 Å². The molecule has 0 aliphatic heterocycles. The van der Waals surface area contributed by atoms with E-state index < -0.39 is 0 Å². The second kappa shape index (κ2) is 21.1. The minimum Gasteiger partial charge on any atom is -0.469 e. The minimum absolute atomic E-state index is 0.0782. The summed E-state index contributed by atoms with van der Waals surface area (Å²) in [5.41, 5.74) is 0. The first kappa shape index (κ1) is 24.0. The third-order valence-corrected chi connectivity index (χ3v) is 4.69. The summed E-state index contributed by atoms with van der Waals surface area (Å²) in [7, 11) is 1.46. The summed E-state index contributed by atoms with van der Waals surface area (Å²) in [4.78, 5) is 11.0. The number of rotatable bonds is 17. The van der Waals surface area contributed by atoms with Gasteiger partial charge in [-0.25, -0.2) is 0 Å². The Labute approximate surface area is 157 Å². The minimum atomic E-state index is -0.0782. The Kier molecular flexibility index (Phi) is 20.3. The fourth-order valence-electron chi connectivity index (χ4n) is 2.99. The molecule has 0 atom stereocenters. The first-order valence-electron chi connectivity index (χ1n) is 10.8. The van der Waals surface area contributed by atoms with Crippen LogP contribution in [0, 0.1) is 11.8 Å². The zero-order chi connectivity index (χ0) is 18.4. The van der Waals surface area contributed by atoms with Crippen LogP contribution in [0.4, 0.5) is 0 Å². The average Bonchev–Trinajstić information content (AvgIpc) is 2.63. The number of carbonyl (C=O) groups excluding carboxylic acids is 1. The standard InChI is InChI=1S/C23H42O2/c1-3-4-5-6-7-8-9-10-11-12-13-14-15-16-17-18-19-20-21-22-23(24)25-2/h3-11,14-22H2,1-2H3. The molecule has 0 aromatic carbocycles. The highest BCUT2D eigenvalue weighted by Gasteiger charge is 1.98. The lowest BCUT2D eigenvalue weighted by molar-refractivity contribution is -0.140. The van der Waals surface area contributed by atoms with Crippen LogP contribution in [0.15, 0.2) is 0 Å². The molecule has 146 valence electrons. The SMILES string of the molecule is CCCCCCCCCCC#CCCCCCCCCCC(=O)OC. The summed E-state index contributed by atoms with van der Waals surface area (Å²) in [5.74, 6) is 6.59. The average molecular weight is 351 g/mol. The second-order valence-electron chi connectivity index (χ2n) is 7.13. The van der Waals surface area contributed by atoms with Gasteiger partial charge in [0, 0.05) is 19.3 Å². The number of esters is 1. The van der Waals surface area contributed by atoms with Crippen molar-refractivity contribution >= 4 is 5.97 Å². The molecule has 0 rings (SSSR count). The molecule has 25 heavy (non-hydrogen) atoms. The highest BCUT2D eigenvalue weighted by molar-refractivity contribution is 5.68. The molecular weight excluding hydrogens is 308 g/mol. The molecule has 0 aliphatic carbocycles. The Hall–Kier alpha value is -0.970. The Morgan fingerprint density at radius 2 is 1.04 bits per heavy atom. The molecule has 0 spiro atoms. The van der Waals surface area contributed by atoms with Crippen molar-refractivity contribution in [3.8, 4) is 11.8 Å². The first-order chi connectivity index (χ1) is 12.3. The van der Waals surface area contributed by atoms with Gasteiger partial charge in [0.05, 0.1) is 7.11 Å². The van der Waals surface area contributed by atoms with Gasteiger partial charge in [-0.2, -0.15) is 0 Å². The predicted molar refractivity (Wildman–Crippen MR) is 109 cm³/mol. The molecule has 0 fully saturated rings. The van der Waals surface area contributed by atoms with Crippen molar-refractivity contribution in [3.05, 3.63) is 0 Å². The van der Waals surface area contributed by atoms with Gasteiger partial charge in [0.1, 0.15) is 0 Å². The van der Waals surface area contributed by atoms with Gasteiger partial charge in [0.25, 0.3) is 0 Å². The summed E-state index contributed by atoms with van der Waals surface area (Å²) >= 11 is 0. The topological polar surface area (TPSA) is 26.3 Å². The van der Waals surface area contributed by atoms with Crippen LogP contribution >= 0.6 is 0 Å². The molecule has 0 radical (unpaired) electrons. The first-order valence-corrected chi connectivity index (χ1v) is 10.8. The number of unbranched alkanes of at least 4 members (excludes halogenated alkanes) is 15. The highest BCUT2D eigenvalue weighted by atomic mass is 16.5. The maximum atomic E-state index is 11.0. The summed E-state index contributed by atoms with van der Waals surface area (Å²) in [6.07, 6.45) is 22.2. The number of hydrogen-bond donors (Lipinski definition) is 0. The van der Waals surface area contributed by atoms with Gasteiger partial charge in [-0.1, -0.05) is 84.0 Å². The molecule has 0 aromatic rings. The highest BCUT2D eigenvalue weighted by Crippen LogP contribution is 2.10. The van der Waals surface area contributed by atoms with E-state index in [4.69, 9.17) is 0 Å². The van der Waals surface area contributed by atoms with Crippen molar-refractivity contribution in [2.75, 3.05) is 7.11 Å². The normalized spacial score (nSPS) is 10.3. The van der Waals surface area contributed by atoms with Crippen LogP contribution in [-0.2, 0) is 9.53 Å². The predicted octanol–water partition coefficient (Wildman–Crippen LogP) is 7.20. The fourth-order valence-corrected chi connectivity index (χ4v) is 2.99. The third-order valence-electron chi connectivity index (χ3n) is 4.69. The lowest BCUT2D eigenvalue weighted by Crippen LogP contribution is -1.99. The second-order valence-corrected chi connectivity index (χ2v) is 7.13. The van der Waals surface area contributed by atoms with E-state index in [0.717, 1.165) is 25.7 Å². The van der Waals surface area contributed by atoms with Crippen molar-refractivity contribution in [1.82, 2.24) is 0 Å². The Morgan fingerprint density at radius 3 is 1.48 bits per heavy atom. The maximum Gasteiger partial charge on any atom is 0.305 e. The summed E-state index contributed by atoms with van der Waals surface area (Å²) in [6, 6.07) is 0. The Bertz CT molecular complexity index is 338. The van der Waals surface area contributed by atoms with Gasteiger partial charge < -0.3 is 4.74 Å². The van der Waals surface area contributed by atoms with Crippen LogP contribution < -0.4 is 0 Å². The van der Waals surface area contributed by atoms with Crippen LogP contribution in [0.25, 0.3) is 0 Å². The van der Waals surface area contributed by atoms with Gasteiger partial charge in [0.2, 0.25) is 0 Å². The molecule has 0 amide bonds. The van der Waals surface area contributed by atoms with Crippen LogP contribution in [0.5, 0.6) is 0 Å². The lowest BCUT2D eigenvalue weighted by atomic mass is 10.1. The molecule has 0 saturated carbocycles. The van der Waals surface area contributed by atoms with Crippen molar-refractivity contribution < 1.29 is 9.53 Å². The maximum absolute atomic E-state index is 11.0. The van der Waals surface area contributed by atoms with Gasteiger partial charge in [-0.15, -0.1) is 11.8 Å². The van der Waals surface area contributed by atoms with Crippen LogP contribution in [0.2, 0.25) is 0 Å². The molecule has 0 N–H and O–H groups in total. The number of methoxy groups -OCH3 is 1. The van der Waals surface area contributed by atoms with E-state index >= 15 is 0 Å². The summed E-state index contributed by atoms with van der Waals surface area (Å²) in [5, 5.41) is 0. The Balaban J connectivity index is 3.13. The third kappa shape index (κ3) is 21.0. The molecule has 0 aromatic heterocycles. The van der Waals surface area contributed by atoms with E-state index in [0.29, 0.717) is 6.42 Å². The smallest absolute Gasteiger partial charge is 0.305 e. The van der Waals surface area contributed by atoms with Crippen molar-refractivity contribution in [2.45, 2.75) is 122 Å². The zero-order valence-electron chi connectivity index (χ0n) is 17.0. The zero-order valence-corrected chi connectivity index (χ0v) is 17.0. The van der Waals surface area contributed by atoms with E-state index in [1.54, 1.807) is 0 Å². The summed E-state index contributed by atoms with van der Waals surface area (Å²) in [6.45, 7) is 2.27. The van der Waals surface area contributed by atoms with E-state index in [9.17, 15) is 4.79 Å². The number of ether oxygens (including phenoxy) is 1. The van der Waals surface area contributed by atoms with E-state index in [-0.39, 0.29) is 5.97 Å². The fraction of sp³-hybridized carbons (Fsp3) is 0.870. The summed E-state index contributed by atoms with van der Waals surface area (Å²) < 4.78 is 4.64. The molecule has 0 aliphatic rings. The van der Waals surface area contributed by atoms with E-state index in [1.807, 2.05) is 0 Å². The monoisotopic (exact) mass is 350 g/mol. The van der Waals surface area contributed by atoms with Crippen LogP contribution in [0.3, 0.4) is 0 Å². The largest absolute Gasteiger partial charge is 0.469 e. The Morgan fingerprint density at radius 1 is 0.640 bits per heavy atom. The molecule has 0 unspecified atom stereocenters. The van der Waals surface area contributed by atoms with Gasteiger partial charge in [-0.3, -0.25) is 4.79 Å². The molecule has 2 nitrogen and oxygen atoms in total. The van der Waals surface area contributed by atoms with Crippen LogP contribution in [-0.4, -0.2) is 13.1 Å². The molecule has 0 bridgehead atoms. The lowest BCUT2D eigenvalue weighted by Gasteiger charge is -2.01. The van der Waals surface area contributed by atoms with E-state index in [1.165, 1.54) is 90.6 Å². The number of carbonyl (C=O) groups is 1. The number of hydrogen-bond acceptors (Lipinski definition) is 2. The van der Waals surface area contributed by atoms with Crippen LogP contribution in [0.1, 0.15) is 122 Å². The molecular formula is C23H42O2. The van der Waals surface area contributed by atoms with Crippen molar-refractivity contribution in [2.24, 2.45) is 0 Å².